The van der Waals surface area contributed by atoms with E-state index in [-0.39, 0.29) is 28.5 Å². The van der Waals surface area contributed by atoms with Crippen molar-refractivity contribution in [1.82, 2.24) is 0 Å². The normalized spacial score (nSPS) is 17.3. The number of amides is 2. The van der Waals surface area contributed by atoms with Gasteiger partial charge in [0.05, 0.1) is 11.2 Å². The minimum atomic E-state index is -0.656. The van der Waals surface area contributed by atoms with E-state index in [1.54, 1.807) is 11.8 Å². The van der Waals surface area contributed by atoms with Crippen LogP contribution in [0.4, 0.5) is 11.4 Å². The Labute approximate surface area is 188 Å². The highest BCUT2D eigenvalue weighted by molar-refractivity contribution is 8.00. The Bertz CT molecular complexity index is 935. The third-order valence-corrected chi connectivity index (χ3v) is 7.14. The van der Waals surface area contributed by atoms with Gasteiger partial charge in [0.15, 0.2) is 0 Å². The van der Waals surface area contributed by atoms with Gasteiger partial charge in [-0.25, -0.2) is 0 Å². The molecule has 1 heterocycles. The van der Waals surface area contributed by atoms with Crippen molar-refractivity contribution in [3.63, 3.8) is 0 Å². The summed E-state index contributed by atoms with van der Waals surface area (Å²) in [6, 6.07) is 15.9. The van der Waals surface area contributed by atoms with E-state index >= 15 is 0 Å². The van der Waals surface area contributed by atoms with Gasteiger partial charge in [-0.05, 0) is 54.7 Å². The number of nitrogens with zero attached hydrogens (tertiary/aromatic N) is 1. The van der Waals surface area contributed by atoms with Gasteiger partial charge in [-0.3, -0.25) is 14.5 Å². The zero-order chi connectivity index (χ0) is 22.1. The van der Waals surface area contributed by atoms with Crippen molar-refractivity contribution in [1.29, 1.82) is 0 Å². The first-order chi connectivity index (χ1) is 14.0. The molecule has 0 aliphatic carbocycles. The molecular weight excluding hydrogens is 416 g/mol. The molecular formula is C24H29ClN2O2S. The second-order valence-corrected chi connectivity index (χ2v) is 10.7. The van der Waals surface area contributed by atoms with Gasteiger partial charge in [-0.15, -0.1) is 23.4 Å². The summed E-state index contributed by atoms with van der Waals surface area (Å²) in [5.41, 5.74) is 3.21. The number of halogens is 1. The number of thioether (sulfide) groups is 1. The number of carbonyl (C=O) groups is 2. The molecule has 2 amide bonds. The third kappa shape index (κ3) is 4.84. The number of alkyl halides is 1. The summed E-state index contributed by atoms with van der Waals surface area (Å²) in [6.45, 7) is 10.1. The largest absolute Gasteiger partial charge is 0.326 e. The SMILES string of the molecule is CC(C)(CCl)C(=O)Nc1cccc([C@@H]2SCC(=O)N2c2ccc(C(C)(C)C)cc2)c1. The summed E-state index contributed by atoms with van der Waals surface area (Å²) in [5.74, 6) is 0.636. The van der Waals surface area contributed by atoms with Crippen LogP contribution in [0.2, 0.25) is 0 Å². The molecule has 2 aromatic carbocycles. The molecule has 1 aliphatic heterocycles. The molecule has 0 spiro atoms. The lowest BCUT2D eigenvalue weighted by molar-refractivity contribution is -0.123. The van der Waals surface area contributed by atoms with Crippen LogP contribution in [-0.4, -0.2) is 23.4 Å². The summed E-state index contributed by atoms with van der Waals surface area (Å²) in [5, 5.41) is 2.82. The van der Waals surface area contributed by atoms with E-state index in [2.05, 4.69) is 38.2 Å². The van der Waals surface area contributed by atoms with Crippen molar-refractivity contribution in [3.05, 3.63) is 59.7 Å². The van der Waals surface area contributed by atoms with Crippen molar-refractivity contribution in [2.24, 2.45) is 5.41 Å². The molecule has 0 unspecified atom stereocenters. The molecule has 0 saturated carbocycles. The predicted molar refractivity (Wildman–Crippen MR) is 127 cm³/mol. The van der Waals surface area contributed by atoms with Crippen LogP contribution in [0.25, 0.3) is 0 Å². The van der Waals surface area contributed by atoms with Crippen LogP contribution in [0.3, 0.4) is 0 Å². The van der Waals surface area contributed by atoms with E-state index in [1.165, 1.54) is 5.56 Å². The fraction of sp³-hybridized carbons (Fsp3) is 0.417. The van der Waals surface area contributed by atoms with Crippen molar-refractivity contribution < 1.29 is 9.59 Å². The summed E-state index contributed by atoms with van der Waals surface area (Å²) in [4.78, 5) is 27.0. The van der Waals surface area contributed by atoms with E-state index in [0.29, 0.717) is 11.4 Å². The van der Waals surface area contributed by atoms with Crippen LogP contribution in [-0.2, 0) is 15.0 Å². The smallest absolute Gasteiger partial charge is 0.238 e. The average Bonchev–Trinajstić information content (AvgIpc) is 3.09. The minimum absolute atomic E-state index is 0.0606. The van der Waals surface area contributed by atoms with E-state index in [0.717, 1.165) is 11.3 Å². The highest BCUT2D eigenvalue weighted by Crippen LogP contribution is 2.42. The number of hydrogen-bond donors (Lipinski definition) is 1. The molecule has 0 radical (unpaired) electrons. The Morgan fingerprint density at radius 1 is 1.13 bits per heavy atom. The minimum Gasteiger partial charge on any atom is -0.326 e. The molecule has 3 rings (SSSR count). The molecule has 1 saturated heterocycles. The average molecular weight is 445 g/mol. The standard InChI is InChI=1S/C24H29ClN2O2S/c1-23(2,3)17-9-11-19(12-10-17)27-20(28)14-30-21(27)16-7-6-8-18(13-16)26-22(29)24(4,5)15-25/h6-13,21H,14-15H2,1-5H3,(H,26,29)/t21-/m0/s1. The maximum atomic E-state index is 12.7. The van der Waals surface area contributed by atoms with Crippen LogP contribution in [0.15, 0.2) is 48.5 Å². The van der Waals surface area contributed by atoms with Crippen molar-refractivity contribution in [2.45, 2.75) is 45.4 Å². The van der Waals surface area contributed by atoms with Crippen LogP contribution in [0.1, 0.15) is 51.1 Å². The molecule has 0 aromatic heterocycles. The molecule has 1 N–H and O–H groups in total. The lowest BCUT2D eigenvalue weighted by Crippen LogP contribution is -2.32. The van der Waals surface area contributed by atoms with Gasteiger partial charge in [-0.2, -0.15) is 0 Å². The molecule has 4 nitrogen and oxygen atoms in total. The lowest BCUT2D eigenvalue weighted by Gasteiger charge is -2.26. The quantitative estimate of drug-likeness (QED) is 0.578. The van der Waals surface area contributed by atoms with Crippen LogP contribution in [0, 0.1) is 5.41 Å². The number of benzene rings is 2. The number of anilines is 2. The number of rotatable bonds is 5. The van der Waals surface area contributed by atoms with Crippen LogP contribution in [0.5, 0.6) is 0 Å². The van der Waals surface area contributed by atoms with E-state index in [4.69, 9.17) is 11.6 Å². The summed E-state index contributed by atoms with van der Waals surface area (Å²) in [7, 11) is 0. The molecule has 2 aromatic rings. The Morgan fingerprint density at radius 3 is 2.40 bits per heavy atom. The Hall–Kier alpha value is -1.98. The predicted octanol–water partition coefficient (Wildman–Crippen LogP) is 5.97. The third-order valence-electron chi connectivity index (χ3n) is 5.26. The molecule has 6 heteroatoms. The molecule has 0 bridgehead atoms. The van der Waals surface area contributed by atoms with Gasteiger partial charge in [0.2, 0.25) is 11.8 Å². The van der Waals surface area contributed by atoms with Gasteiger partial charge >= 0.3 is 0 Å². The Morgan fingerprint density at radius 2 is 1.80 bits per heavy atom. The van der Waals surface area contributed by atoms with Gasteiger partial charge in [0.25, 0.3) is 0 Å². The molecule has 1 aliphatic rings. The second-order valence-electron chi connectivity index (χ2n) is 9.32. The maximum absolute atomic E-state index is 12.7. The fourth-order valence-corrected chi connectivity index (χ4v) is 4.49. The number of carbonyl (C=O) groups excluding carboxylic acids is 2. The highest BCUT2D eigenvalue weighted by atomic mass is 35.5. The zero-order valence-electron chi connectivity index (χ0n) is 18.2. The summed E-state index contributed by atoms with van der Waals surface area (Å²) >= 11 is 7.52. The molecule has 1 atom stereocenters. The van der Waals surface area contributed by atoms with Crippen LogP contribution >= 0.6 is 23.4 Å². The Kier molecular flexibility index (Phi) is 6.54. The lowest BCUT2D eigenvalue weighted by atomic mass is 9.87. The first-order valence-corrected chi connectivity index (χ1v) is 11.6. The fourth-order valence-electron chi connectivity index (χ4n) is 3.20. The first kappa shape index (κ1) is 22.7. The number of hydrogen-bond acceptors (Lipinski definition) is 3. The highest BCUT2D eigenvalue weighted by Gasteiger charge is 2.34. The van der Waals surface area contributed by atoms with Crippen molar-refractivity contribution >= 4 is 46.6 Å². The summed E-state index contributed by atoms with van der Waals surface area (Å²) < 4.78 is 0. The first-order valence-electron chi connectivity index (χ1n) is 10.0. The Balaban J connectivity index is 1.86. The summed E-state index contributed by atoms with van der Waals surface area (Å²) in [6.07, 6.45) is 0. The zero-order valence-corrected chi connectivity index (χ0v) is 19.7. The van der Waals surface area contributed by atoms with Gasteiger partial charge in [0.1, 0.15) is 5.37 Å². The van der Waals surface area contributed by atoms with E-state index in [9.17, 15) is 9.59 Å². The van der Waals surface area contributed by atoms with Crippen molar-refractivity contribution in [3.8, 4) is 0 Å². The van der Waals surface area contributed by atoms with E-state index in [1.807, 2.05) is 55.1 Å². The molecule has 30 heavy (non-hydrogen) atoms. The monoisotopic (exact) mass is 444 g/mol. The van der Waals surface area contributed by atoms with Crippen molar-refractivity contribution in [2.75, 3.05) is 21.8 Å². The molecule has 160 valence electrons. The van der Waals surface area contributed by atoms with E-state index < -0.39 is 5.41 Å². The van der Waals surface area contributed by atoms with Gasteiger partial charge < -0.3 is 5.32 Å². The second kappa shape index (κ2) is 8.64. The number of nitrogens with one attached hydrogen (secondary N) is 1. The van der Waals surface area contributed by atoms with Crippen LogP contribution < -0.4 is 10.2 Å². The van der Waals surface area contributed by atoms with Gasteiger partial charge in [0, 0.05) is 17.3 Å². The molecule has 1 fully saturated rings. The van der Waals surface area contributed by atoms with Gasteiger partial charge in [-0.1, -0.05) is 45.0 Å². The topological polar surface area (TPSA) is 49.4 Å². The maximum Gasteiger partial charge on any atom is 0.238 e.